The van der Waals surface area contributed by atoms with Crippen LogP contribution in [0.3, 0.4) is 0 Å². The standard InChI is InChI=1S/C20H23N7OS/c21-12-15-4-1-2-5-16(15)19-25-17(6-3-7-23-14-24-13-22)18(29)20(26-19)27-8-10-28-11-9-27/h1-6,12-14,21,29H,7-11H2,(H2,22,23,24)/b6-3+,21-12?. The van der Waals surface area contributed by atoms with E-state index < -0.39 is 0 Å². The largest absolute Gasteiger partial charge is 0.390 e. The molecule has 1 aromatic heterocycles. The second-order valence-corrected chi connectivity index (χ2v) is 6.56. The minimum atomic E-state index is 0.438. The molecule has 9 heteroatoms. The zero-order valence-electron chi connectivity index (χ0n) is 15.9. The van der Waals surface area contributed by atoms with Gasteiger partial charge in [0.1, 0.15) is 12.2 Å². The predicted molar refractivity (Wildman–Crippen MR) is 121 cm³/mol. The van der Waals surface area contributed by atoms with E-state index in [0.717, 1.165) is 30.0 Å². The molecule has 1 fully saturated rings. The van der Waals surface area contributed by atoms with Gasteiger partial charge in [-0.15, -0.1) is 12.6 Å². The normalized spacial score (nSPS) is 15.0. The maximum absolute atomic E-state index is 7.70. The van der Waals surface area contributed by atoms with Crippen LogP contribution in [0.2, 0.25) is 0 Å². The van der Waals surface area contributed by atoms with Gasteiger partial charge in [0.2, 0.25) is 0 Å². The van der Waals surface area contributed by atoms with Gasteiger partial charge in [-0.3, -0.25) is 4.99 Å². The molecule has 1 aromatic carbocycles. The fourth-order valence-corrected chi connectivity index (χ4v) is 3.19. The molecule has 150 valence electrons. The van der Waals surface area contributed by atoms with Gasteiger partial charge in [-0.2, -0.15) is 0 Å². The van der Waals surface area contributed by atoms with Crippen LogP contribution < -0.4 is 10.6 Å². The quantitative estimate of drug-likeness (QED) is 0.369. The summed E-state index contributed by atoms with van der Waals surface area (Å²) < 4.78 is 5.46. The third-order valence-corrected chi connectivity index (χ3v) is 4.71. The molecule has 2 aromatic rings. The third kappa shape index (κ3) is 5.27. The highest BCUT2D eigenvalue weighted by Gasteiger charge is 2.20. The molecule has 0 spiro atoms. The van der Waals surface area contributed by atoms with Crippen LogP contribution in [0.15, 0.2) is 45.2 Å². The van der Waals surface area contributed by atoms with Crippen molar-refractivity contribution < 1.29 is 4.74 Å². The fourth-order valence-electron chi connectivity index (χ4n) is 2.88. The van der Waals surface area contributed by atoms with Crippen LogP contribution in [-0.4, -0.2) is 61.7 Å². The Morgan fingerprint density at radius 3 is 2.79 bits per heavy atom. The molecule has 0 aliphatic carbocycles. The summed E-state index contributed by atoms with van der Waals surface area (Å²) in [6.07, 6.45) is 7.64. The van der Waals surface area contributed by atoms with Crippen LogP contribution in [0, 0.1) is 5.41 Å². The van der Waals surface area contributed by atoms with Crippen molar-refractivity contribution in [2.45, 2.75) is 4.90 Å². The van der Waals surface area contributed by atoms with Crippen molar-refractivity contribution in [2.24, 2.45) is 15.7 Å². The Morgan fingerprint density at radius 1 is 1.24 bits per heavy atom. The smallest absolute Gasteiger partial charge is 0.162 e. The van der Waals surface area contributed by atoms with Crippen molar-refractivity contribution in [2.75, 3.05) is 37.7 Å². The van der Waals surface area contributed by atoms with E-state index in [1.165, 1.54) is 18.9 Å². The van der Waals surface area contributed by atoms with E-state index in [0.29, 0.717) is 36.2 Å². The van der Waals surface area contributed by atoms with Crippen LogP contribution in [0.25, 0.3) is 17.5 Å². The number of nitrogens with two attached hydrogens (primary N) is 1. The first-order chi connectivity index (χ1) is 14.2. The minimum absolute atomic E-state index is 0.438. The third-order valence-electron chi connectivity index (χ3n) is 4.28. The van der Waals surface area contributed by atoms with Gasteiger partial charge in [-0.05, 0) is 6.08 Å². The van der Waals surface area contributed by atoms with Crippen molar-refractivity contribution in [1.29, 1.82) is 5.41 Å². The van der Waals surface area contributed by atoms with E-state index in [1.54, 1.807) is 0 Å². The van der Waals surface area contributed by atoms with Crippen LogP contribution >= 0.6 is 12.6 Å². The highest BCUT2D eigenvalue weighted by Crippen LogP contribution is 2.30. The van der Waals surface area contributed by atoms with Crippen LogP contribution in [-0.2, 0) is 4.74 Å². The molecule has 0 atom stereocenters. The molecule has 0 amide bonds. The van der Waals surface area contributed by atoms with Gasteiger partial charge < -0.3 is 20.8 Å². The topological polar surface area (TPSA) is 113 Å². The van der Waals surface area contributed by atoms with Gasteiger partial charge >= 0.3 is 0 Å². The molecule has 2 heterocycles. The van der Waals surface area contributed by atoms with Crippen LogP contribution in [0.1, 0.15) is 11.3 Å². The Labute approximate surface area is 175 Å². The second kappa shape index (κ2) is 10.5. The molecular formula is C20H23N7OS. The SMILES string of the molecule is N=Cc1ccccc1-c1nc(/C=C/CN=CN=CN)c(S)c(N2CCOCC2)n1. The summed E-state index contributed by atoms with van der Waals surface area (Å²) in [5.41, 5.74) is 7.43. The molecule has 1 aliphatic rings. The monoisotopic (exact) mass is 409 g/mol. The number of rotatable bonds is 7. The van der Waals surface area contributed by atoms with Gasteiger partial charge in [-0.25, -0.2) is 15.0 Å². The summed E-state index contributed by atoms with van der Waals surface area (Å²) in [6, 6.07) is 7.59. The number of hydrogen-bond donors (Lipinski definition) is 3. The van der Waals surface area contributed by atoms with Crippen molar-refractivity contribution in [3.05, 3.63) is 41.6 Å². The van der Waals surface area contributed by atoms with Gasteiger partial charge in [0.15, 0.2) is 5.82 Å². The average Bonchev–Trinajstić information content (AvgIpc) is 2.77. The molecule has 0 saturated carbocycles. The minimum Gasteiger partial charge on any atom is -0.390 e. The predicted octanol–water partition coefficient (Wildman–Crippen LogP) is 2.30. The maximum Gasteiger partial charge on any atom is 0.162 e. The Morgan fingerprint density at radius 2 is 2.03 bits per heavy atom. The molecule has 1 aliphatic heterocycles. The van der Waals surface area contributed by atoms with Crippen LogP contribution in [0.4, 0.5) is 5.82 Å². The van der Waals surface area contributed by atoms with Gasteiger partial charge in [0.25, 0.3) is 0 Å². The summed E-state index contributed by atoms with van der Waals surface area (Å²) in [5, 5.41) is 7.70. The van der Waals surface area contributed by atoms with Crippen molar-refractivity contribution in [3.8, 4) is 11.4 Å². The second-order valence-electron chi connectivity index (χ2n) is 6.12. The number of aliphatic imine (C=N–C) groups is 2. The molecule has 0 unspecified atom stereocenters. The summed E-state index contributed by atoms with van der Waals surface area (Å²) in [6.45, 7) is 3.20. The lowest BCUT2D eigenvalue weighted by atomic mass is 10.1. The van der Waals surface area contributed by atoms with E-state index in [-0.39, 0.29) is 0 Å². The number of hydrogen-bond acceptors (Lipinski definition) is 7. The molecule has 0 bridgehead atoms. The Bertz CT molecular complexity index is 936. The van der Waals surface area contributed by atoms with E-state index in [4.69, 9.17) is 38.5 Å². The van der Waals surface area contributed by atoms with E-state index in [1.807, 2.05) is 36.4 Å². The molecule has 8 nitrogen and oxygen atoms in total. The summed E-state index contributed by atoms with van der Waals surface area (Å²) in [4.78, 5) is 20.2. The van der Waals surface area contributed by atoms with Crippen molar-refractivity contribution >= 4 is 43.4 Å². The lowest BCUT2D eigenvalue weighted by Crippen LogP contribution is -2.37. The Kier molecular flexibility index (Phi) is 7.48. The number of thiol groups is 1. The zero-order chi connectivity index (χ0) is 20.5. The molecule has 29 heavy (non-hydrogen) atoms. The number of morpholine rings is 1. The van der Waals surface area contributed by atoms with Crippen LogP contribution in [0.5, 0.6) is 0 Å². The first-order valence-corrected chi connectivity index (χ1v) is 9.61. The van der Waals surface area contributed by atoms with Gasteiger partial charge in [0, 0.05) is 30.4 Å². The summed E-state index contributed by atoms with van der Waals surface area (Å²) >= 11 is 4.71. The van der Waals surface area contributed by atoms with Gasteiger partial charge in [0.05, 0.1) is 36.7 Å². The highest BCUT2D eigenvalue weighted by atomic mass is 32.1. The first kappa shape index (κ1) is 20.7. The lowest BCUT2D eigenvalue weighted by Gasteiger charge is -2.29. The molecule has 0 radical (unpaired) electrons. The number of ether oxygens (including phenoxy) is 1. The van der Waals surface area contributed by atoms with E-state index in [2.05, 4.69) is 14.9 Å². The maximum atomic E-state index is 7.70. The molecule has 3 N–H and O–H groups in total. The average molecular weight is 410 g/mol. The van der Waals surface area contributed by atoms with Crippen molar-refractivity contribution in [3.63, 3.8) is 0 Å². The van der Waals surface area contributed by atoms with Gasteiger partial charge in [-0.1, -0.05) is 30.3 Å². The molecule has 3 rings (SSSR count). The number of anilines is 1. The van der Waals surface area contributed by atoms with E-state index >= 15 is 0 Å². The Balaban J connectivity index is 2.01. The summed E-state index contributed by atoms with van der Waals surface area (Å²) in [7, 11) is 0. The lowest BCUT2D eigenvalue weighted by molar-refractivity contribution is 0.122. The Hall–Kier alpha value is -3.04. The fraction of sp³-hybridized carbons (Fsp3) is 0.250. The molecular weight excluding hydrogens is 386 g/mol. The number of nitrogens with zero attached hydrogens (tertiary/aromatic N) is 5. The van der Waals surface area contributed by atoms with E-state index in [9.17, 15) is 0 Å². The number of benzene rings is 1. The number of aromatic nitrogens is 2. The first-order valence-electron chi connectivity index (χ1n) is 9.16. The summed E-state index contributed by atoms with van der Waals surface area (Å²) in [5.74, 6) is 1.32. The van der Waals surface area contributed by atoms with Crippen molar-refractivity contribution in [1.82, 2.24) is 9.97 Å². The highest BCUT2D eigenvalue weighted by molar-refractivity contribution is 7.80. The zero-order valence-corrected chi connectivity index (χ0v) is 16.8. The molecule has 1 saturated heterocycles. The number of nitrogens with one attached hydrogen (secondary N) is 1.